The second kappa shape index (κ2) is 32.7. The molecule has 0 spiro atoms. The van der Waals surface area contributed by atoms with E-state index < -0.39 is 0 Å². The first-order valence-corrected chi connectivity index (χ1v) is 17.9. The lowest BCUT2D eigenvalue weighted by atomic mass is 9.87. The summed E-state index contributed by atoms with van der Waals surface area (Å²) in [6.07, 6.45) is 44.7. The molecule has 0 rings (SSSR count). The average Bonchev–Trinajstić information content (AvgIpc) is 2.94. The number of hydrogen-bond donors (Lipinski definition) is 0. The number of allylic oxidation sites excluding steroid dienone is 6. The summed E-state index contributed by atoms with van der Waals surface area (Å²) in [5.74, 6) is 0.698. The predicted octanol–water partition coefficient (Wildman–Crippen LogP) is 12.2. The summed E-state index contributed by atoms with van der Waals surface area (Å²) in [6, 6.07) is 0. The van der Waals surface area contributed by atoms with Gasteiger partial charge in [-0.2, -0.15) is 0 Å². The van der Waals surface area contributed by atoms with Crippen LogP contribution in [0.15, 0.2) is 36.5 Å². The minimum Gasteiger partial charge on any atom is -0.378 e. The molecule has 2 nitrogen and oxygen atoms in total. The number of unbranched alkanes of at least 4 members (excludes halogenated alkanes) is 13. The fraction of sp³-hybridized carbons (Fsp3) is 0.842. The van der Waals surface area contributed by atoms with Crippen LogP contribution in [0, 0.1) is 5.92 Å². The highest BCUT2D eigenvalue weighted by atomic mass is 16.5. The number of nitrogens with zero attached hydrogens (tertiary/aromatic N) is 1. The highest BCUT2D eigenvalue weighted by Crippen LogP contribution is 2.27. The lowest BCUT2D eigenvalue weighted by Crippen LogP contribution is -2.25. The largest absolute Gasteiger partial charge is 0.378 e. The van der Waals surface area contributed by atoms with Crippen molar-refractivity contribution in [2.75, 3.05) is 27.2 Å². The summed E-state index contributed by atoms with van der Waals surface area (Å²) in [6.45, 7) is 8.95. The van der Waals surface area contributed by atoms with Crippen LogP contribution >= 0.6 is 0 Å². The zero-order chi connectivity index (χ0) is 29.4. The first-order chi connectivity index (χ1) is 19.7. The monoisotopic (exact) mass is 560 g/mol. The Morgan fingerprint density at radius 2 is 0.875 bits per heavy atom. The molecule has 1 unspecified atom stereocenters. The fourth-order valence-electron chi connectivity index (χ4n) is 5.41. The van der Waals surface area contributed by atoms with E-state index >= 15 is 0 Å². The average molecular weight is 560 g/mol. The van der Waals surface area contributed by atoms with Crippen LogP contribution in [0.2, 0.25) is 0 Å². The Morgan fingerprint density at radius 3 is 1.27 bits per heavy atom. The van der Waals surface area contributed by atoms with Crippen molar-refractivity contribution in [3.8, 4) is 0 Å². The van der Waals surface area contributed by atoms with Gasteiger partial charge in [0.1, 0.15) is 0 Å². The third-order valence-corrected chi connectivity index (χ3v) is 8.03. The molecule has 0 aliphatic rings. The Balaban J connectivity index is 4.93. The van der Waals surface area contributed by atoms with E-state index in [2.05, 4.69) is 76.2 Å². The van der Waals surface area contributed by atoms with Crippen LogP contribution < -0.4 is 0 Å². The zero-order valence-corrected chi connectivity index (χ0v) is 28.2. The molecule has 0 fully saturated rings. The van der Waals surface area contributed by atoms with Crippen LogP contribution in [0.4, 0.5) is 0 Å². The highest BCUT2D eigenvalue weighted by molar-refractivity contribution is 4.85. The van der Waals surface area contributed by atoms with E-state index in [9.17, 15) is 0 Å². The summed E-state index contributed by atoms with van der Waals surface area (Å²) < 4.78 is 6.71. The molecule has 0 radical (unpaired) electrons. The van der Waals surface area contributed by atoms with Crippen molar-refractivity contribution in [3.05, 3.63) is 36.5 Å². The van der Waals surface area contributed by atoms with E-state index in [1.54, 1.807) is 0 Å². The van der Waals surface area contributed by atoms with Crippen LogP contribution in [0.1, 0.15) is 168 Å². The molecule has 0 heterocycles. The minimum absolute atomic E-state index is 0.426. The standard InChI is InChI=1S/C38H73NO/c1-6-9-12-15-18-21-24-27-32-37(33-28-25-22-19-16-13-10-7-2)38(40-36-31-30-35-39(4)5)34-29-26-23-20-17-14-11-8-3/h18-23,37-38H,6-17,24-36H2,1-5H3. The Morgan fingerprint density at radius 1 is 0.475 bits per heavy atom. The third-order valence-electron chi connectivity index (χ3n) is 8.03. The van der Waals surface area contributed by atoms with Crippen molar-refractivity contribution in [2.45, 2.75) is 175 Å². The second-order valence-electron chi connectivity index (χ2n) is 12.4. The van der Waals surface area contributed by atoms with Crippen molar-refractivity contribution in [3.63, 3.8) is 0 Å². The smallest absolute Gasteiger partial charge is 0.0603 e. The Labute approximate surface area is 253 Å². The van der Waals surface area contributed by atoms with Crippen molar-refractivity contribution in [2.24, 2.45) is 5.92 Å². The summed E-state index contributed by atoms with van der Waals surface area (Å²) >= 11 is 0. The van der Waals surface area contributed by atoms with Gasteiger partial charge in [-0.3, -0.25) is 0 Å². The molecular formula is C38H73NO. The summed E-state index contributed by atoms with van der Waals surface area (Å²) in [4.78, 5) is 2.29. The molecule has 0 aromatic rings. The quantitative estimate of drug-likeness (QED) is 0.0618. The lowest BCUT2D eigenvalue weighted by Gasteiger charge is -2.28. The van der Waals surface area contributed by atoms with Gasteiger partial charge in [-0.05, 0) is 136 Å². The van der Waals surface area contributed by atoms with Gasteiger partial charge in [-0.25, -0.2) is 0 Å². The van der Waals surface area contributed by atoms with Crippen LogP contribution in [0.25, 0.3) is 0 Å². The van der Waals surface area contributed by atoms with Crippen LogP contribution in [-0.2, 0) is 4.74 Å². The molecule has 0 amide bonds. The fourth-order valence-corrected chi connectivity index (χ4v) is 5.41. The molecular weight excluding hydrogens is 486 g/mol. The van der Waals surface area contributed by atoms with Crippen molar-refractivity contribution in [1.29, 1.82) is 0 Å². The van der Waals surface area contributed by atoms with Crippen LogP contribution in [0.3, 0.4) is 0 Å². The molecule has 40 heavy (non-hydrogen) atoms. The lowest BCUT2D eigenvalue weighted by molar-refractivity contribution is -0.00287. The maximum Gasteiger partial charge on any atom is 0.0603 e. The first kappa shape index (κ1) is 39.1. The van der Waals surface area contributed by atoms with E-state index in [1.807, 2.05) is 0 Å². The van der Waals surface area contributed by atoms with E-state index in [1.165, 1.54) is 148 Å². The van der Waals surface area contributed by atoms with E-state index in [0.29, 0.717) is 12.0 Å². The van der Waals surface area contributed by atoms with Gasteiger partial charge in [-0.1, -0.05) is 95.8 Å². The second-order valence-corrected chi connectivity index (χ2v) is 12.4. The molecule has 0 saturated heterocycles. The normalized spacial score (nSPS) is 13.9. The molecule has 0 aromatic carbocycles. The molecule has 0 aliphatic heterocycles. The van der Waals surface area contributed by atoms with E-state index in [-0.39, 0.29) is 0 Å². The van der Waals surface area contributed by atoms with Gasteiger partial charge in [0.15, 0.2) is 0 Å². The maximum atomic E-state index is 6.71. The number of rotatable bonds is 31. The molecule has 0 bridgehead atoms. The van der Waals surface area contributed by atoms with Crippen molar-refractivity contribution < 1.29 is 4.74 Å². The zero-order valence-electron chi connectivity index (χ0n) is 28.2. The topological polar surface area (TPSA) is 12.5 Å². The van der Waals surface area contributed by atoms with Gasteiger partial charge in [0, 0.05) is 6.61 Å². The Bertz CT molecular complexity index is 538. The van der Waals surface area contributed by atoms with Crippen molar-refractivity contribution in [1.82, 2.24) is 4.90 Å². The maximum absolute atomic E-state index is 6.71. The molecule has 0 N–H and O–H groups in total. The van der Waals surface area contributed by atoms with Crippen LogP contribution in [0.5, 0.6) is 0 Å². The summed E-state index contributed by atoms with van der Waals surface area (Å²) in [5, 5.41) is 0. The summed E-state index contributed by atoms with van der Waals surface area (Å²) in [5.41, 5.74) is 0. The third kappa shape index (κ3) is 28.7. The van der Waals surface area contributed by atoms with Gasteiger partial charge in [-0.15, -0.1) is 0 Å². The SMILES string of the molecule is CCCCCC=CCCCC(CCCC=CCCCCC)C(CCCC=CCCCCC)OCCCCN(C)C. The molecule has 0 aromatic heterocycles. The van der Waals surface area contributed by atoms with Crippen LogP contribution in [-0.4, -0.2) is 38.3 Å². The predicted molar refractivity (Wildman–Crippen MR) is 182 cm³/mol. The minimum atomic E-state index is 0.426. The summed E-state index contributed by atoms with van der Waals surface area (Å²) in [7, 11) is 4.35. The molecule has 0 saturated carbocycles. The molecule has 2 heteroatoms. The Kier molecular flexibility index (Phi) is 31.9. The number of ether oxygens (including phenoxy) is 1. The van der Waals surface area contributed by atoms with E-state index in [0.717, 1.165) is 13.2 Å². The molecule has 0 aliphatic carbocycles. The van der Waals surface area contributed by atoms with Gasteiger partial charge < -0.3 is 9.64 Å². The van der Waals surface area contributed by atoms with Gasteiger partial charge in [0.25, 0.3) is 0 Å². The molecule has 1 atom stereocenters. The van der Waals surface area contributed by atoms with Gasteiger partial charge in [0.2, 0.25) is 0 Å². The van der Waals surface area contributed by atoms with Gasteiger partial charge in [0.05, 0.1) is 6.10 Å². The van der Waals surface area contributed by atoms with Gasteiger partial charge >= 0.3 is 0 Å². The molecule has 236 valence electrons. The Hall–Kier alpha value is -0.860. The number of hydrogen-bond acceptors (Lipinski definition) is 2. The highest BCUT2D eigenvalue weighted by Gasteiger charge is 2.21. The van der Waals surface area contributed by atoms with E-state index in [4.69, 9.17) is 4.74 Å². The first-order valence-electron chi connectivity index (χ1n) is 17.9. The van der Waals surface area contributed by atoms with Crippen molar-refractivity contribution >= 4 is 0 Å².